The number of para-hydroxylation sites is 2. The molecule has 4 aromatic heterocycles. The smallest absolute Gasteiger partial charge is 0.233 e. The van der Waals surface area contributed by atoms with Crippen LogP contribution in [0.2, 0.25) is 0 Å². The average molecular weight is 1460 g/mol. The number of anilines is 10. The number of nitrogens with two attached hydrogens (primary N) is 2. The normalized spacial score (nSPS) is 14.5. The van der Waals surface area contributed by atoms with Gasteiger partial charge in [-0.3, -0.25) is 0 Å². The van der Waals surface area contributed by atoms with E-state index in [2.05, 4.69) is 125 Å². The van der Waals surface area contributed by atoms with Crippen LogP contribution in [-0.4, -0.2) is 132 Å². The fourth-order valence-electron chi connectivity index (χ4n) is 13.3. The van der Waals surface area contributed by atoms with Crippen molar-refractivity contribution in [1.29, 1.82) is 0 Å². The topological polar surface area (TPSA) is 299 Å². The molecule has 3 aliphatic heterocycles. The molecule has 556 valence electrons. The summed E-state index contributed by atoms with van der Waals surface area (Å²) in [5, 5.41) is 6.57. The third-order valence-electron chi connectivity index (χ3n) is 18.7. The molecule has 12 aromatic rings. The second-order valence-electron chi connectivity index (χ2n) is 26.5. The lowest BCUT2D eigenvalue weighted by Crippen LogP contribution is -2.55. The van der Waals surface area contributed by atoms with E-state index in [1.54, 1.807) is 14.2 Å². The standard InChI is InChI=1S/C42H46N10O3.C41H42N10O3/c1-4-11-37-45-38(23-17-30-16-22-35(53-2)36(27-30)54-3)47-42(46-37)52-25-24-51(28-32(52)26-29-12-7-5-8-13-29)41-49-39(43)48-40(50-41)44-31-18-20-34(21-19-31)55-33-14-9-6-10-15-33;1-2-9-36-44-37(21-15-29-14-20-34-35(25-29)53-27-52-34)46-41(45-36)51-23-22-50(26-31(51)24-28-10-5-3-6-11-28)40-48-38(42)47-39(49-40)43-30-16-18-33(19-17-30)54-32-12-7-4-8-13-32/h5-10,12-16,18-22,27,32H,4,11,17,23-26,28H2,1-3H3,(H3,43,44,48,49,50);3-8,10-14,16-20,25,31H,2,9,15,21-24,26-27H2,1H3,(H3,42,43,47,48,49). The molecule has 15 rings (SSSR count). The van der Waals surface area contributed by atoms with Crippen LogP contribution in [0.4, 0.5) is 59.0 Å². The molecule has 0 aliphatic carbocycles. The summed E-state index contributed by atoms with van der Waals surface area (Å²) in [5.41, 5.74) is 18.8. The number of nitrogens with zero attached hydrogens (tertiary/aromatic N) is 16. The molecule has 2 saturated heterocycles. The maximum Gasteiger partial charge on any atom is 0.233 e. The number of fused-ring (bicyclic) bond motifs is 1. The predicted octanol–water partition coefficient (Wildman–Crippen LogP) is 13.4. The summed E-state index contributed by atoms with van der Waals surface area (Å²) >= 11 is 0. The average Bonchev–Trinajstić information content (AvgIpc) is 1.54. The Morgan fingerprint density at radius 1 is 0.376 bits per heavy atom. The first-order chi connectivity index (χ1) is 53.5. The van der Waals surface area contributed by atoms with Gasteiger partial charge in [-0.15, -0.1) is 0 Å². The van der Waals surface area contributed by atoms with E-state index in [0.29, 0.717) is 99.3 Å². The number of methoxy groups -OCH3 is 2. The van der Waals surface area contributed by atoms with E-state index >= 15 is 0 Å². The van der Waals surface area contributed by atoms with Gasteiger partial charge in [0.1, 0.15) is 46.3 Å². The molecule has 0 saturated carbocycles. The van der Waals surface area contributed by atoms with Crippen molar-refractivity contribution in [3.05, 3.63) is 252 Å². The number of aromatic nitrogens is 12. The molecule has 2 unspecified atom stereocenters. The summed E-state index contributed by atoms with van der Waals surface area (Å²) in [6.45, 7) is 8.38. The molecule has 109 heavy (non-hydrogen) atoms. The van der Waals surface area contributed by atoms with Gasteiger partial charge in [0.25, 0.3) is 0 Å². The number of rotatable bonds is 28. The molecule has 8 aromatic carbocycles. The Morgan fingerprint density at radius 3 is 1.24 bits per heavy atom. The molecular formula is C83H88N20O6. The Morgan fingerprint density at radius 2 is 0.789 bits per heavy atom. The third kappa shape index (κ3) is 19.6. The van der Waals surface area contributed by atoms with Crippen molar-refractivity contribution in [1.82, 2.24) is 59.8 Å². The summed E-state index contributed by atoms with van der Waals surface area (Å²) in [5.74, 6) is 12.5. The SMILES string of the molecule is CCCc1nc(CCc2ccc(OC)c(OC)c2)nc(N2CCN(c3nc(N)nc(Nc4ccc(Oc5ccccc5)cc4)n3)CC2Cc2ccccc2)n1.CCCc1nc(CCc2ccc3c(c2)OCO3)nc(N2CCN(c3nc(N)nc(Nc4ccc(Oc5ccccc5)cc4)n3)CC2Cc2ccccc2)n1. The molecule has 0 radical (unpaired) electrons. The van der Waals surface area contributed by atoms with Crippen LogP contribution in [0.25, 0.3) is 0 Å². The highest BCUT2D eigenvalue weighted by Gasteiger charge is 2.34. The number of ether oxygens (including phenoxy) is 6. The van der Waals surface area contributed by atoms with Gasteiger partial charge in [0, 0.05) is 76.3 Å². The fourth-order valence-corrected chi connectivity index (χ4v) is 13.3. The number of hydrogen-bond acceptors (Lipinski definition) is 26. The van der Waals surface area contributed by atoms with Crippen LogP contribution in [0.15, 0.2) is 206 Å². The van der Waals surface area contributed by atoms with E-state index < -0.39 is 0 Å². The Kier molecular flexibility index (Phi) is 23.7. The minimum absolute atomic E-state index is 0.0123. The molecule has 26 nitrogen and oxygen atoms in total. The highest BCUT2D eigenvalue weighted by molar-refractivity contribution is 5.59. The maximum absolute atomic E-state index is 6.27. The Hall–Kier alpha value is -13.0. The van der Waals surface area contributed by atoms with Gasteiger partial charge in [0.05, 0.1) is 26.3 Å². The van der Waals surface area contributed by atoms with E-state index in [9.17, 15) is 0 Å². The van der Waals surface area contributed by atoms with Gasteiger partial charge >= 0.3 is 0 Å². The van der Waals surface area contributed by atoms with Crippen LogP contribution in [0, 0.1) is 0 Å². The molecule has 3 aliphatic rings. The monoisotopic (exact) mass is 1460 g/mol. The largest absolute Gasteiger partial charge is 0.493 e. The minimum atomic E-state index is 0.0123. The van der Waals surface area contributed by atoms with Crippen LogP contribution >= 0.6 is 0 Å². The van der Waals surface area contributed by atoms with E-state index in [-0.39, 0.29) is 30.8 Å². The molecule has 0 spiro atoms. The molecular weight excluding hydrogens is 1370 g/mol. The number of benzene rings is 8. The fraction of sp³-hybridized carbons (Fsp3) is 0.277. The van der Waals surface area contributed by atoms with Gasteiger partial charge in [0.2, 0.25) is 54.4 Å². The third-order valence-corrected chi connectivity index (χ3v) is 18.7. The number of nitrogens with one attached hydrogen (secondary N) is 2. The molecule has 7 heterocycles. The second-order valence-corrected chi connectivity index (χ2v) is 26.5. The van der Waals surface area contributed by atoms with E-state index in [0.717, 1.165) is 132 Å². The highest BCUT2D eigenvalue weighted by Crippen LogP contribution is 2.35. The predicted molar refractivity (Wildman–Crippen MR) is 423 cm³/mol. The van der Waals surface area contributed by atoms with E-state index in [1.165, 1.54) is 11.1 Å². The zero-order valence-corrected chi connectivity index (χ0v) is 61.6. The van der Waals surface area contributed by atoms with Crippen LogP contribution < -0.4 is 70.1 Å². The maximum atomic E-state index is 6.27. The Bertz CT molecular complexity index is 4950. The van der Waals surface area contributed by atoms with Gasteiger partial charge in [-0.2, -0.15) is 49.8 Å². The summed E-state index contributed by atoms with van der Waals surface area (Å²) in [7, 11) is 3.29. The van der Waals surface area contributed by atoms with Crippen LogP contribution in [-0.2, 0) is 51.4 Å². The molecule has 0 amide bonds. The quantitative estimate of drug-likeness (QED) is 0.0354. The lowest BCUT2D eigenvalue weighted by atomic mass is 10.0. The van der Waals surface area contributed by atoms with Crippen molar-refractivity contribution >= 4 is 59.0 Å². The molecule has 6 N–H and O–H groups in total. The molecule has 26 heteroatoms. The van der Waals surface area contributed by atoms with E-state index in [4.69, 9.17) is 79.8 Å². The number of piperazine rings is 2. The molecule has 2 fully saturated rings. The first-order valence-corrected chi connectivity index (χ1v) is 36.9. The first kappa shape index (κ1) is 72.9. The second kappa shape index (κ2) is 35.4. The summed E-state index contributed by atoms with van der Waals surface area (Å²) in [6, 6.07) is 67.6. The summed E-state index contributed by atoms with van der Waals surface area (Å²) < 4.78 is 34.0. The highest BCUT2D eigenvalue weighted by atomic mass is 16.7. The van der Waals surface area contributed by atoms with E-state index in [1.807, 2.05) is 146 Å². The van der Waals surface area contributed by atoms with Crippen LogP contribution in [0.3, 0.4) is 0 Å². The van der Waals surface area contributed by atoms with Gasteiger partial charge in [-0.25, -0.2) is 9.97 Å². The Balaban J connectivity index is 0.000000182. The van der Waals surface area contributed by atoms with Crippen molar-refractivity contribution in [3.63, 3.8) is 0 Å². The summed E-state index contributed by atoms with van der Waals surface area (Å²) in [6.07, 6.45) is 7.83. The minimum Gasteiger partial charge on any atom is -0.493 e. The van der Waals surface area contributed by atoms with Crippen molar-refractivity contribution < 1.29 is 28.4 Å². The van der Waals surface area contributed by atoms with Crippen molar-refractivity contribution in [2.24, 2.45) is 0 Å². The van der Waals surface area contributed by atoms with Crippen molar-refractivity contribution in [3.8, 4) is 46.0 Å². The van der Waals surface area contributed by atoms with Crippen LogP contribution in [0.5, 0.6) is 46.0 Å². The van der Waals surface area contributed by atoms with Crippen molar-refractivity contribution in [2.75, 3.05) is 102 Å². The number of aryl methyl sites for hydroxylation is 6. The van der Waals surface area contributed by atoms with Gasteiger partial charge < -0.3 is 70.1 Å². The van der Waals surface area contributed by atoms with Crippen molar-refractivity contribution in [2.45, 2.75) is 90.1 Å². The van der Waals surface area contributed by atoms with Gasteiger partial charge in [-0.05, 0) is 158 Å². The lowest BCUT2D eigenvalue weighted by molar-refractivity contribution is 0.174. The number of nitrogen functional groups attached to an aromatic ring is 2. The lowest BCUT2D eigenvalue weighted by Gasteiger charge is -2.41. The Labute approximate surface area is 634 Å². The number of hydrogen-bond donors (Lipinski definition) is 4. The van der Waals surface area contributed by atoms with Gasteiger partial charge in [0.15, 0.2) is 23.0 Å². The zero-order chi connectivity index (χ0) is 74.7. The molecule has 2 atom stereocenters. The first-order valence-electron chi connectivity index (χ1n) is 36.9. The molecule has 0 bridgehead atoms. The zero-order valence-electron chi connectivity index (χ0n) is 61.6. The summed E-state index contributed by atoms with van der Waals surface area (Å²) in [4.78, 5) is 66.5. The van der Waals surface area contributed by atoms with Gasteiger partial charge in [-0.1, -0.05) is 123 Å². The van der Waals surface area contributed by atoms with Crippen LogP contribution in [0.1, 0.15) is 72.2 Å².